The third-order valence-corrected chi connectivity index (χ3v) is 3.94. The van der Waals surface area contributed by atoms with E-state index in [2.05, 4.69) is 15.6 Å². The van der Waals surface area contributed by atoms with Crippen LogP contribution in [0.25, 0.3) is 10.9 Å². The first kappa shape index (κ1) is 18.6. The van der Waals surface area contributed by atoms with Gasteiger partial charge in [-0.3, -0.25) is 14.6 Å². The van der Waals surface area contributed by atoms with Crippen LogP contribution >= 0.6 is 11.6 Å². The number of nitrogens with one attached hydrogen (secondary N) is 2. The van der Waals surface area contributed by atoms with Crippen molar-refractivity contribution in [2.75, 3.05) is 18.5 Å². The molecule has 8 heteroatoms. The van der Waals surface area contributed by atoms with Crippen LogP contribution in [0.3, 0.4) is 0 Å². The van der Waals surface area contributed by atoms with Crippen LogP contribution in [0.15, 0.2) is 54.7 Å². The quantitative estimate of drug-likeness (QED) is 0.680. The fraction of sp³-hybridized carbons (Fsp3) is 0.105. The first-order valence-electron chi connectivity index (χ1n) is 8.01. The average Bonchev–Trinajstić information content (AvgIpc) is 2.68. The van der Waals surface area contributed by atoms with Gasteiger partial charge in [0.1, 0.15) is 17.1 Å². The Bertz CT molecular complexity index is 980. The number of carbonyl (C=O) groups is 2. The van der Waals surface area contributed by atoms with Gasteiger partial charge in [-0.05, 0) is 48.5 Å². The van der Waals surface area contributed by atoms with Crippen LogP contribution in [0.5, 0.6) is 5.75 Å². The topological polar surface area (TPSA) is 80.3 Å². The maximum atomic E-state index is 12.8. The molecule has 0 aliphatic heterocycles. The van der Waals surface area contributed by atoms with Gasteiger partial charge in [-0.2, -0.15) is 0 Å². The van der Waals surface area contributed by atoms with Gasteiger partial charge in [0.2, 0.25) is 5.91 Å². The minimum atomic E-state index is -0.469. The summed E-state index contributed by atoms with van der Waals surface area (Å²) in [6.45, 7) is -0.518. The molecule has 1 heterocycles. The number of amides is 2. The van der Waals surface area contributed by atoms with Gasteiger partial charge in [0.15, 0.2) is 6.61 Å². The lowest BCUT2D eigenvalue weighted by atomic mass is 10.2. The molecule has 0 aliphatic carbocycles. The van der Waals surface area contributed by atoms with Gasteiger partial charge >= 0.3 is 0 Å². The molecule has 2 N–H and O–H groups in total. The zero-order valence-electron chi connectivity index (χ0n) is 14.0. The second kappa shape index (κ2) is 8.46. The predicted molar refractivity (Wildman–Crippen MR) is 100 cm³/mol. The van der Waals surface area contributed by atoms with Crippen molar-refractivity contribution in [1.29, 1.82) is 0 Å². The van der Waals surface area contributed by atoms with Crippen molar-refractivity contribution in [3.63, 3.8) is 0 Å². The maximum absolute atomic E-state index is 12.8. The van der Waals surface area contributed by atoms with Gasteiger partial charge in [0.05, 0.1) is 11.6 Å². The summed E-state index contributed by atoms with van der Waals surface area (Å²) >= 11 is 6.11. The highest BCUT2D eigenvalue weighted by atomic mass is 35.5. The summed E-state index contributed by atoms with van der Waals surface area (Å²) in [7, 11) is 0. The molecular weight excluding hydrogens is 373 g/mol. The number of carbonyl (C=O) groups excluding carboxylic acids is 2. The van der Waals surface area contributed by atoms with Gasteiger partial charge < -0.3 is 15.4 Å². The molecule has 0 unspecified atom stereocenters. The molecule has 2 aromatic carbocycles. The van der Waals surface area contributed by atoms with E-state index in [0.29, 0.717) is 22.0 Å². The third kappa shape index (κ3) is 4.92. The first-order chi connectivity index (χ1) is 13.0. The van der Waals surface area contributed by atoms with E-state index in [1.54, 1.807) is 30.5 Å². The van der Waals surface area contributed by atoms with Crippen LogP contribution in [0.4, 0.5) is 10.1 Å². The van der Waals surface area contributed by atoms with E-state index in [1.165, 1.54) is 24.3 Å². The van der Waals surface area contributed by atoms with E-state index < -0.39 is 17.6 Å². The number of benzene rings is 2. The van der Waals surface area contributed by atoms with Crippen molar-refractivity contribution in [3.05, 3.63) is 65.6 Å². The second-order valence-electron chi connectivity index (χ2n) is 5.57. The van der Waals surface area contributed by atoms with Crippen molar-refractivity contribution in [1.82, 2.24) is 10.3 Å². The number of fused-ring (bicyclic) bond motifs is 1. The summed E-state index contributed by atoms with van der Waals surface area (Å²) < 4.78 is 18.3. The fourth-order valence-corrected chi connectivity index (χ4v) is 2.56. The Morgan fingerprint density at radius 3 is 2.63 bits per heavy atom. The molecule has 27 heavy (non-hydrogen) atoms. The summed E-state index contributed by atoms with van der Waals surface area (Å²) in [5, 5.41) is 6.24. The monoisotopic (exact) mass is 387 g/mol. The van der Waals surface area contributed by atoms with Crippen LogP contribution in [-0.2, 0) is 9.59 Å². The molecular formula is C19H15ClFN3O3. The van der Waals surface area contributed by atoms with Crippen LogP contribution in [0.2, 0.25) is 5.02 Å². The van der Waals surface area contributed by atoms with E-state index in [0.717, 1.165) is 5.39 Å². The highest BCUT2D eigenvalue weighted by molar-refractivity contribution is 6.35. The summed E-state index contributed by atoms with van der Waals surface area (Å²) in [5.74, 6) is -0.888. The second-order valence-corrected chi connectivity index (χ2v) is 5.97. The summed E-state index contributed by atoms with van der Waals surface area (Å²) in [4.78, 5) is 27.9. The van der Waals surface area contributed by atoms with E-state index in [1.807, 2.05) is 0 Å². The largest absolute Gasteiger partial charge is 0.481 e. The molecule has 6 nitrogen and oxygen atoms in total. The fourth-order valence-electron chi connectivity index (χ4n) is 2.34. The zero-order valence-corrected chi connectivity index (χ0v) is 14.8. The number of aromatic nitrogens is 1. The van der Waals surface area contributed by atoms with E-state index >= 15 is 0 Å². The smallest absolute Gasteiger partial charge is 0.258 e. The van der Waals surface area contributed by atoms with Gasteiger partial charge in [-0.25, -0.2) is 4.39 Å². The normalized spacial score (nSPS) is 10.4. The molecule has 0 spiro atoms. The SMILES string of the molecule is O=C(COc1ccc(Cl)c2cccnc12)NCC(=O)Nc1ccc(F)cc1. The first-order valence-corrected chi connectivity index (χ1v) is 8.39. The van der Waals surface area contributed by atoms with Crippen LogP contribution in [0.1, 0.15) is 0 Å². The Labute approximate surface area is 159 Å². The van der Waals surface area contributed by atoms with Crippen molar-refractivity contribution < 1.29 is 18.7 Å². The molecule has 0 atom stereocenters. The lowest BCUT2D eigenvalue weighted by Gasteiger charge is -2.10. The molecule has 3 rings (SSSR count). The Morgan fingerprint density at radius 2 is 1.85 bits per heavy atom. The molecule has 0 saturated carbocycles. The number of nitrogens with zero attached hydrogens (tertiary/aromatic N) is 1. The van der Waals surface area contributed by atoms with Crippen molar-refractivity contribution in [3.8, 4) is 5.75 Å². The number of halogens is 2. The number of rotatable bonds is 6. The Kier molecular flexibility index (Phi) is 5.83. The molecule has 0 aliphatic rings. The van der Waals surface area contributed by atoms with Crippen molar-refractivity contribution >= 4 is 40.0 Å². The molecule has 0 saturated heterocycles. The Hall–Kier alpha value is -3.19. The van der Waals surface area contributed by atoms with Gasteiger partial charge in [0, 0.05) is 17.3 Å². The van der Waals surface area contributed by atoms with Crippen molar-refractivity contribution in [2.24, 2.45) is 0 Å². The lowest BCUT2D eigenvalue weighted by Crippen LogP contribution is -2.35. The average molecular weight is 388 g/mol. The standard InChI is InChI=1S/C19H15ClFN3O3/c20-15-7-8-16(19-14(15)2-1-9-22-19)27-11-18(26)23-10-17(25)24-13-5-3-12(21)4-6-13/h1-9H,10-11H2,(H,23,26)(H,24,25). The molecule has 138 valence electrons. The lowest BCUT2D eigenvalue weighted by molar-refractivity contribution is -0.125. The van der Waals surface area contributed by atoms with Gasteiger partial charge in [-0.15, -0.1) is 0 Å². The Morgan fingerprint density at radius 1 is 1.07 bits per heavy atom. The molecule has 0 fully saturated rings. The zero-order chi connectivity index (χ0) is 19.2. The van der Waals surface area contributed by atoms with E-state index in [-0.39, 0.29) is 13.2 Å². The molecule has 0 bridgehead atoms. The summed E-state index contributed by atoms with van der Waals surface area (Å²) in [6, 6.07) is 12.2. The summed E-state index contributed by atoms with van der Waals surface area (Å²) in [6.07, 6.45) is 1.60. The highest BCUT2D eigenvalue weighted by Crippen LogP contribution is 2.29. The van der Waals surface area contributed by atoms with Crippen molar-refractivity contribution in [2.45, 2.75) is 0 Å². The van der Waals surface area contributed by atoms with Crippen LogP contribution in [-0.4, -0.2) is 29.9 Å². The van der Waals surface area contributed by atoms with E-state index in [4.69, 9.17) is 16.3 Å². The van der Waals surface area contributed by atoms with E-state index in [9.17, 15) is 14.0 Å². The van der Waals surface area contributed by atoms with Crippen LogP contribution < -0.4 is 15.4 Å². The maximum Gasteiger partial charge on any atom is 0.258 e. The number of hydrogen-bond acceptors (Lipinski definition) is 4. The Balaban J connectivity index is 1.51. The van der Waals surface area contributed by atoms with Gasteiger partial charge in [0.25, 0.3) is 5.91 Å². The van der Waals surface area contributed by atoms with Gasteiger partial charge in [-0.1, -0.05) is 11.6 Å². The predicted octanol–water partition coefficient (Wildman–Crippen LogP) is 3.16. The number of hydrogen-bond donors (Lipinski definition) is 2. The van der Waals surface area contributed by atoms with Crippen LogP contribution in [0, 0.1) is 5.82 Å². The number of anilines is 1. The highest BCUT2D eigenvalue weighted by Gasteiger charge is 2.10. The minimum absolute atomic E-state index is 0.237. The molecule has 0 radical (unpaired) electrons. The number of pyridine rings is 1. The third-order valence-electron chi connectivity index (χ3n) is 3.61. The molecule has 3 aromatic rings. The minimum Gasteiger partial charge on any atom is -0.481 e. The molecule has 1 aromatic heterocycles. The number of ether oxygens (including phenoxy) is 1. The molecule has 2 amide bonds. The summed E-state index contributed by atoms with van der Waals surface area (Å²) in [5.41, 5.74) is 0.984.